The van der Waals surface area contributed by atoms with Crippen LogP contribution in [-0.2, 0) is 11.2 Å². The molecular formula is C13H13FN2O. The fraction of sp³-hybridized carbons (Fsp3) is 0.385. The lowest BCUT2D eigenvalue weighted by atomic mass is 10.1. The number of carbonyl (C=O) groups excluding carboxylic acids is 1. The van der Waals surface area contributed by atoms with Crippen molar-refractivity contribution in [1.29, 1.82) is 5.26 Å². The lowest BCUT2D eigenvalue weighted by Crippen LogP contribution is -2.27. The second-order valence-electron chi connectivity index (χ2n) is 4.25. The predicted molar refractivity (Wildman–Crippen MR) is 60.4 cm³/mol. The van der Waals surface area contributed by atoms with Gasteiger partial charge in [-0.05, 0) is 24.1 Å². The van der Waals surface area contributed by atoms with Crippen molar-refractivity contribution in [2.45, 2.75) is 12.8 Å². The van der Waals surface area contributed by atoms with E-state index in [9.17, 15) is 9.18 Å². The number of carbonyl (C=O) groups is 1. The third-order valence-electron chi connectivity index (χ3n) is 2.96. The van der Waals surface area contributed by atoms with Gasteiger partial charge < -0.3 is 4.90 Å². The Balaban J connectivity index is 1.91. The van der Waals surface area contributed by atoms with Crippen LogP contribution in [-0.4, -0.2) is 23.9 Å². The topological polar surface area (TPSA) is 44.1 Å². The van der Waals surface area contributed by atoms with Crippen molar-refractivity contribution in [1.82, 2.24) is 4.90 Å². The summed E-state index contributed by atoms with van der Waals surface area (Å²) in [6.45, 7) is 1.06. The lowest BCUT2D eigenvalue weighted by Gasteiger charge is -2.15. The first kappa shape index (κ1) is 11.6. The van der Waals surface area contributed by atoms with Gasteiger partial charge in [0.15, 0.2) is 0 Å². The zero-order chi connectivity index (χ0) is 12.3. The van der Waals surface area contributed by atoms with Crippen LogP contribution in [0.3, 0.4) is 0 Å². The average Bonchev–Trinajstić information content (AvgIpc) is 2.68. The summed E-state index contributed by atoms with van der Waals surface area (Å²) in [5.74, 6) is -0.423. The van der Waals surface area contributed by atoms with Gasteiger partial charge in [-0.15, -0.1) is 0 Å². The second-order valence-corrected chi connectivity index (χ2v) is 4.25. The van der Waals surface area contributed by atoms with Crippen LogP contribution in [0, 0.1) is 23.1 Å². The molecule has 0 spiro atoms. The second kappa shape index (κ2) is 4.96. The van der Waals surface area contributed by atoms with Gasteiger partial charge in [0.1, 0.15) is 5.82 Å². The van der Waals surface area contributed by atoms with E-state index in [1.807, 2.05) is 6.07 Å². The van der Waals surface area contributed by atoms with Crippen molar-refractivity contribution in [3.63, 3.8) is 0 Å². The zero-order valence-electron chi connectivity index (χ0n) is 9.40. The van der Waals surface area contributed by atoms with Crippen molar-refractivity contribution < 1.29 is 9.18 Å². The van der Waals surface area contributed by atoms with Gasteiger partial charge in [-0.1, -0.05) is 12.1 Å². The van der Waals surface area contributed by atoms with E-state index in [4.69, 9.17) is 5.26 Å². The quantitative estimate of drug-likeness (QED) is 0.796. The van der Waals surface area contributed by atoms with Gasteiger partial charge >= 0.3 is 0 Å². The maximum atomic E-state index is 12.9. The van der Waals surface area contributed by atoms with E-state index in [0.717, 1.165) is 5.56 Å². The molecule has 0 aromatic heterocycles. The molecule has 1 heterocycles. The molecule has 0 bridgehead atoms. The van der Waals surface area contributed by atoms with E-state index in [-0.39, 0.29) is 17.6 Å². The van der Waals surface area contributed by atoms with Crippen molar-refractivity contribution in [2.24, 2.45) is 5.92 Å². The molecule has 1 atom stereocenters. The smallest absolute Gasteiger partial charge is 0.224 e. The predicted octanol–water partition coefficient (Wildman–Crippen LogP) is 1.74. The molecule has 0 saturated carbocycles. The third-order valence-corrected chi connectivity index (χ3v) is 2.96. The minimum atomic E-state index is -0.259. The molecule has 1 aromatic carbocycles. The molecule has 1 aliphatic rings. The first-order chi connectivity index (χ1) is 8.19. The van der Waals surface area contributed by atoms with Crippen LogP contribution in [0.2, 0.25) is 0 Å². The summed E-state index contributed by atoms with van der Waals surface area (Å²) in [7, 11) is 0. The number of hydrogen-bond donors (Lipinski definition) is 0. The molecule has 1 aliphatic heterocycles. The molecule has 3 nitrogen and oxygen atoms in total. The standard InChI is InChI=1S/C13H13FN2O/c14-12-3-1-2-10(6-12)4-5-16-9-11(8-15)7-13(16)17/h1-3,6,11H,4-5,7,9H2. The minimum Gasteiger partial charge on any atom is -0.341 e. The van der Waals surface area contributed by atoms with Gasteiger partial charge in [-0.3, -0.25) is 4.79 Å². The highest BCUT2D eigenvalue weighted by atomic mass is 19.1. The molecule has 2 rings (SSSR count). The molecule has 0 N–H and O–H groups in total. The van der Waals surface area contributed by atoms with Gasteiger partial charge in [0.25, 0.3) is 0 Å². The molecule has 1 amide bonds. The number of nitriles is 1. The van der Waals surface area contributed by atoms with Crippen LogP contribution >= 0.6 is 0 Å². The van der Waals surface area contributed by atoms with Crippen molar-refractivity contribution >= 4 is 5.91 Å². The van der Waals surface area contributed by atoms with E-state index < -0.39 is 0 Å². The first-order valence-corrected chi connectivity index (χ1v) is 5.61. The van der Waals surface area contributed by atoms with E-state index in [1.165, 1.54) is 12.1 Å². The highest BCUT2D eigenvalue weighted by Crippen LogP contribution is 2.17. The Hall–Kier alpha value is -1.89. The van der Waals surface area contributed by atoms with E-state index >= 15 is 0 Å². The largest absolute Gasteiger partial charge is 0.341 e. The van der Waals surface area contributed by atoms with E-state index in [1.54, 1.807) is 11.0 Å². The maximum Gasteiger partial charge on any atom is 0.224 e. The number of nitrogens with zero attached hydrogens (tertiary/aromatic N) is 2. The molecule has 88 valence electrons. The lowest BCUT2D eigenvalue weighted by molar-refractivity contribution is -0.127. The van der Waals surface area contributed by atoms with Crippen LogP contribution in [0.1, 0.15) is 12.0 Å². The van der Waals surface area contributed by atoms with Crippen molar-refractivity contribution in [3.05, 3.63) is 35.6 Å². The Morgan fingerprint density at radius 3 is 3.00 bits per heavy atom. The monoisotopic (exact) mass is 232 g/mol. The molecule has 17 heavy (non-hydrogen) atoms. The number of likely N-dealkylation sites (tertiary alicyclic amines) is 1. The van der Waals surface area contributed by atoms with Crippen LogP contribution in [0.15, 0.2) is 24.3 Å². The fourth-order valence-electron chi connectivity index (χ4n) is 2.03. The first-order valence-electron chi connectivity index (χ1n) is 5.61. The molecule has 4 heteroatoms. The third kappa shape index (κ3) is 2.82. The Labute approximate surface area is 99.5 Å². The number of benzene rings is 1. The van der Waals surface area contributed by atoms with Crippen molar-refractivity contribution in [2.75, 3.05) is 13.1 Å². The van der Waals surface area contributed by atoms with E-state index in [2.05, 4.69) is 6.07 Å². The number of hydrogen-bond acceptors (Lipinski definition) is 2. The summed E-state index contributed by atoms with van der Waals surface area (Å²) in [5, 5.41) is 8.74. The van der Waals surface area contributed by atoms with Gasteiger partial charge in [0, 0.05) is 19.5 Å². The van der Waals surface area contributed by atoms with Gasteiger partial charge in [0.2, 0.25) is 5.91 Å². The average molecular weight is 232 g/mol. The summed E-state index contributed by atoms with van der Waals surface area (Å²) in [6.07, 6.45) is 0.946. The number of amides is 1. The Morgan fingerprint density at radius 2 is 2.35 bits per heavy atom. The van der Waals surface area contributed by atoms with Crippen LogP contribution in [0.25, 0.3) is 0 Å². The molecule has 0 aliphatic carbocycles. The Bertz CT molecular complexity index is 467. The number of halogens is 1. The molecule has 1 aromatic rings. The SMILES string of the molecule is N#CC1CC(=O)N(CCc2cccc(F)c2)C1. The summed E-state index contributed by atoms with van der Waals surface area (Å²) in [4.78, 5) is 13.2. The minimum absolute atomic E-state index is 0.0213. The highest BCUT2D eigenvalue weighted by Gasteiger charge is 2.28. The summed E-state index contributed by atoms with van der Waals surface area (Å²) in [6, 6.07) is 8.48. The van der Waals surface area contributed by atoms with Gasteiger partial charge in [-0.25, -0.2) is 4.39 Å². The molecule has 1 unspecified atom stereocenters. The Kier molecular flexibility index (Phi) is 3.38. The van der Waals surface area contributed by atoms with Gasteiger partial charge in [-0.2, -0.15) is 5.26 Å². The van der Waals surface area contributed by atoms with Crippen LogP contribution in [0.4, 0.5) is 4.39 Å². The van der Waals surface area contributed by atoms with Gasteiger partial charge in [0.05, 0.1) is 12.0 Å². The van der Waals surface area contributed by atoms with Crippen LogP contribution in [0.5, 0.6) is 0 Å². The fourth-order valence-corrected chi connectivity index (χ4v) is 2.03. The molecule has 1 fully saturated rings. The van der Waals surface area contributed by atoms with Crippen molar-refractivity contribution in [3.8, 4) is 6.07 Å². The molecular weight excluding hydrogens is 219 g/mol. The summed E-state index contributed by atoms with van der Waals surface area (Å²) in [5.41, 5.74) is 0.873. The summed E-state index contributed by atoms with van der Waals surface area (Å²) >= 11 is 0. The van der Waals surface area contributed by atoms with Crippen LogP contribution < -0.4 is 0 Å². The zero-order valence-corrected chi connectivity index (χ0v) is 9.40. The number of rotatable bonds is 3. The highest BCUT2D eigenvalue weighted by molar-refractivity contribution is 5.79. The molecule has 0 radical (unpaired) electrons. The van der Waals surface area contributed by atoms with E-state index in [0.29, 0.717) is 25.9 Å². The summed E-state index contributed by atoms with van der Waals surface area (Å²) < 4.78 is 12.9. The molecule has 1 saturated heterocycles. The maximum absolute atomic E-state index is 12.9. The normalized spacial score (nSPS) is 19.4. The Morgan fingerprint density at radius 1 is 1.53 bits per heavy atom.